The van der Waals surface area contributed by atoms with Gasteiger partial charge in [-0.25, -0.2) is 4.39 Å². The molecule has 7 heteroatoms. The van der Waals surface area contributed by atoms with Crippen molar-refractivity contribution in [3.8, 4) is 0 Å². The molecule has 1 atom stereocenters. The Morgan fingerprint density at radius 2 is 2.04 bits per heavy atom. The van der Waals surface area contributed by atoms with Crippen molar-refractivity contribution in [2.24, 2.45) is 0 Å². The second-order valence-electron chi connectivity index (χ2n) is 5.33. The largest absolute Gasteiger partial charge is 0.378 e. The zero-order valence-corrected chi connectivity index (χ0v) is 14.4. The van der Waals surface area contributed by atoms with E-state index in [-0.39, 0.29) is 17.5 Å². The minimum absolute atomic E-state index is 0.00458. The zero-order valence-electron chi connectivity index (χ0n) is 12.8. The highest BCUT2D eigenvalue weighted by Crippen LogP contribution is 2.29. The van der Waals surface area contributed by atoms with Crippen LogP contribution in [0.1, 0.15) is 11.6 Å². The van der Waals surface area contributed by atoms with Crippen LogP contribution >= 0.6 is 15.9 Å². The molecule has 0 unspecified atom stereocenters. The van der Waals surface area contributed by atoms with E-state index in [1.54, 1.807) is 18.2 Å². The molecule has 0 fully saturated rings. The molecule has 0 aliphatic rings. The van der Waals surface area contributed by atoms with Crippen LogP contribution in [0.15, 0.2) is 46.9 Å². The molecule has 23 heavy (non-hydrogen) atoms. The number of anilines is 1. The number of halogens is 2. The fourth-order valence-electron chi connectivity index (χ4n) is 2.33. The van der Waals surface area contributed by atoms with E-state index in [0.717, 1.165) is 10.0 Å². The molecule has 0 amide bonds. The van der Waals surface area contributed by atoms with Gasteiger partial charge in [-0.15, -0.1) is 0 Å². The Labute approximate surface area is 142 Å². The van der Waals surface area contributed by atoms with E-state index in [4.69, 9.17) is 0 Å². The Bertz CT molecular complexity index is 709. The van der Waals surface area contributed by atoms with Crippen molar-refractivity contribution in [3.05, 3.63) is 68.4 Å². The summed E-state index contributed by atoms with van der Waals surface area (Å²) >= 11 is 3.31. The molecule has 2 aromatic carbocycles. The molecule has 0 aliphatic carbocycles. The second-order valence-corrected chi connectivity index (χ2v) is 6.25. The number of rotatable bonds is 6. The molecule has 0 saturated carbocycles. The summed E-state index contributed by atoms with van der Waals surface area (Å²) < 4.78 is 14.2. The Kier molecular flexibility index (Phi) is 5.68. The lowest BCUT2D eigenvalue weighted by Crippen LogP contribution is -2.27. The highest BCUT2D eigenvalue weighted by Gasteiger charge is 2.18. The minimum Gasteiger partial charge on any atom is -0.378 e. The van der Waals surface area contributed by atoms with Crippen LogP contribution in [0.25, 0.3) is 0 Å². The first-order valence-corrected chi connectivity index (χ1v) is 7.77. The van der Waals surface area contributed by atoms with E-state index in [0.29, 0.717) is 12.2 Å². The third kappa shape index (κ3) is 4.49. The van der Waals surface area contributed by atoms with Gasteiger partial charge in [0.05, 0.1) is 11.0 Å². The Balaban J connectivity index is 2.23. The monoisotopic (exact) mass is 381 g/mol. The molecule has 2 rings (SSSR count). The van der Waals surface area contributed by atoms with E-state index in [2.05, 4.69) is 21.2 Å². The van der Waals surface area contributed by atoms with Gasteiger partial charge in [0.15, 0.2) is 0 Å². The van der Waals surface area contributed by atoms with Gasteiger partial charge in [0.2, 0.25) is 0 Å². The molecule has 5 nitrogen and oxygen atoms in total. The fourth-order valence-corrected chi connectivity index (χ4v) is 2.69. The lowest BCUT2D eigenvalue weighted by Gasteiger charge is -2.25. The number of nitrogens with one attached hydrogen (secondary N) is 1. The summed E-state index contributed by atoms with van der Waals surface area (Å²) in [5.41, 5.74) is 1.23. The molecular weight excluding hydrogens is 365 g/mol. The number of likely N-dealkylation sites (N-methyl/N-ethyl adjacent to an activating group) is 1. The van der Waals surface area contributed by atoms with Gasteiger partial charge in [0, 0.05) is 17.1 Å². The summed E-state index contributed by atoms with van der Waals surface area (Å²) in [5, 5.41) is 14.2. The third-order valence-corrected chi connectivity index (χ3v) is 3.99. The van der Waals surface area contributed by atoms with Gasteiger partial charge < -0.3 is 10.2 Å². The first kappa shape index (κ1) is 17.4. The molecule has 0 aliphatic heterocycles. The maximum atomic E-state index is 13.4. The SMILES string of the molecule is CN(C)[C@H](CNc1cc(Br)ccc1[N+](=O)[O-])c1cccc(F)c1. The average molecular weight is 382 g/mol. The number of hydrogen-bond acceptors (Lipinski definition) is 4. The summed E-state index contributed by atoms with van der Waals surface area (Å²) in [6.45, 7) is 0.410. The molecule has 122 valence electrons. The van der Waals surface area contributed by atoms with Crippen LogP contribution in [-0.4, -0.2) is 30.5 Å². The van der Waals surface area contributed by atoms with E-state index in [9.17, 15) is 14.5 Å². The molecule has 1 N–H and O–H groups in total. The number of nitro groups is 1. The van der Waals surface area contributed by atoms with Crippen LogP contribution in [0.3, 0.4) is 0 Å². The Morgan fingerprint density at radius 1 is 1.30 bits per heavy atom. The van der Waals surface area contributed by atoms with Crippen molar-refractivity contribution in [1.82, 2.24) is 4.90 Å². The highest BCUT2D eigenvalue weighted by molar-refractivity contribution is 9.10. The van der Waals surface area contributed by atoms with Crippen LogP contribution in [0.5, 0.6) is 0 Å². The fraction of sp³-hybridized carbons (Fsp3) is 0.250. The van der Waals surface area contributed by atoms with Crippen molar-refractivity contribution >= 4 is 27.3 Å². The lowest BCUT2D eigenvalue weighted by atomic mass is 10.1. The number of benzene rings is 2. The molecule has 0 radical (unpaired) electrons. The second kappa shape index (κ2) is 7.52. The van der Waals surface area contributed by atoms with Crippen molar-refractivity contribution < 1.29 is 9.31 Å². The molecule has 0 spiro atoms. The van der Waals surface area contributed by atoms with Gasteiger partial charge in [-0.3, -0.25) is 10.1 Å². The summed E-state index contributed by atoms with van der Waals surface area (Å²) in [6.07, 6.45) is 0. The Hall–Kier alpha value is -1.99. The van der Waals surface area contributed by atoms with Crippen LogP contribution < -0.4 is 5.32 Å². The predicted octanol–water partition coefficient (Wildman–Crippen LogP) is 4.21. The van der Waals surface area contributed by atoms with Crippen LogP contribution in [0.2, 0.25) is 0 Å². The van der Waals surface area contributed by atoms with Gasteiger partial charge in [-0.1, -0.05) is 28.1 Å². The van der Waals surface area contributed by atoms with Gasteiger partial charge in [0.25, 0.3) is 5.69 Å². The molecular formula is C16H17BrFN3O2. The summed E-state index contributed by atoms with van der Waals surface area (Å²) in [6, 6.07) is 11.0. The lowest BCUT2D eigenvalue weighted by molar-refractivity contribution is -0.384. The first-order chi connectivity index (χ1) is 10.9. The minimum atomic E-state index is -0.429. The summed E-state index contributed by atoms with van der Waals surface area (Å²) in [4.78, 5) is 12.6. The summed E-state index contributed by atoms with van der Waals surface area (Å²) in [5.74, 6) is -0.303. The van der Waals surface area contributed by atoms with E-state index in [1.807, 2.05) is 25.1 Å². The quantitative estimate of drug-likeness (QED) is 0.601. The topological polar surface area (TPSA) is 58.4 Å². The van der Waals surface area contributed by atoms with E-state index >= 15 is 0 Å². The van der Waals surface area contributed by atoms with Crippen molar-refractivity contribution in [2.45, 2.75) is 6.04 Å². The molecule has 2 aromatic rings. The van der Waals surface area contributed by atoms with Crippen LogP contribution in [-0.2, 0) is 0 Å². The van der Waals surface area contributed by atoms with Crippen molar-refractivity contribution in [1.29, 1.82) is 0 Å². The highest BCUT2D eigenvalue weighted by atomic mass is 79.9. The van der Waals surface area contributed by atoms with Gasteiger partial charge in [-0.2, -0.15) is 0 Å². The van der Waals surface area contributed by atoms with E-state index < -0.39 is 4.92 Å². The molecule has 0 bridgehead atoms. The number of nitro benzene ring substituents is 1. The zero-order chi connectivity index (χ0) is 17.0. The normalized spacial score (nSPS) is 12.2. The predicted molar refractivity (Wildman–Crippen MR) is 92.1 cm³/mol. The third-order valence-electron chi connectivity index (χ3n) is 3.50. The molecule has 0 heterocycles. The van der Waals surface area contributed by atoms with E-state index in [1.165, 1.54) is 18.2 Å². The standard InChI is InChI=1S/C16H17BrFN3O2/c1-20(2)16(11-4-3-5-13(18)8-11)10-19-14-9-12(17)6-7-15(14)21(22)23/h3-9,16,19H,10H2,1-2H3/t16-/m1/s1. The van der Waals surface area contributed by atoms with Gasteiger partial charge >= 0.3 is 0 Å². The first-order valence-electron chi connectivity index (χ1n) is 6.98. The maximum absolute atomic E-state index is 13.4. The smallest absolute Gasteiger partial charge is 0.292 e. The number of hydrogen-bond donors (Lipinski definition) is 1. The molecule has 0 aromatic heterocycles. The van der Waals surface area contributed by atoms with Crippen LogP contribution in [0, 0.1) is 15.9 Å². The van der Waals surface area contributed by atoms with Crippen LogP contribution in [0.4, 0.5) is 15.8 Å². The molecule has 0 saturated heterocycles. The van der Waals surface area contributed by atoms with Gasteiger partial charge in [0.1, 0.15) is 11.5 Å². The summed E-state index contributed by atoms with van der Waals surface area (Å²) in [7, 11) is 3.76. The Morgan fingerprint density at radius 3 is 2.65 bits per heavy atom. The van der Waals surface area contributed by atoms with Crippen molar-refractivity contribution in [3.63, 3.8) is 0 Å². The van der Waals surface area contributed by atoms with Gasteiger partial charge in [-0.05, 0) is 43.9 Å². The number of nitrogens with zero attached hydrogens (tertiary/aromatic N) is 2. The maximum Gasteiger partial charge on any atom is 0.292 e. The van der Waals surface area contributed by atoms with Crippen molar-refractivity contribution in [2.75, 3.05) is 26.0 Å². The average Bonchev–Trinajstić information content (AvgIpc) is 2.47.